The first-order chi connectivity index (χ1) is 6.77. The van der Waals surface area contributed by atoms with E-state index in [2.05, 4.69) is 4.98 Å². The van der Waals surface area contributed by atoms with Gasteiger partial charge in [0, 0.05) is 17.6 Å². The van der Waals surface area contributed by atoms with E-state index in [0.717, 1.165) is 12.0 Å². The van der Waals surface area contributed by atoms with Gasteiger partial charge >= 0.3 is 0 Å². The van der Waals surface area contributed by atoms with E-state index in [-0.39, 0.29) is 0 Å². The molecular formula is C10H8Cl2N2. The molecule has 0 aliphatic rings. The van der Waals surface area contributed by atoms with Gasteiger partial charge in [-0.3, -0.25) is 0 Å². The number of allylic oxidation sites excluding steroid dienone is 1. The molecule has 0 saturated carbocycles. The fourth-order valence-corrected chi connectivity index (χ4v) is 1.21. The van der Waals surface area contributed by atoms with Gasteiger partial charge in [0.15, 0.2) is 0 Å². The van der Waals surface area contributed by atoms with Gasteiger partial charge in [0.05, 0.1) is 5.56 Å². The van der Waals surface area contributed by atoms with Gasteiger partial charge in [-0.2, -0.15) is 5.26 Å². The Bertz CT molecular complexity index is 380. The maximum Gasteiger partial charge on any atom is 0.136 e. The van der Waals surface area contributed by atoms with Crippen LogP contribution in [-0.2, 0) is 0 Å². The van der Waals surface area contributed by atoms with Crippen LogP contribution < -0.4 is 0 Å². The Morgan fingerprint density at radius 2 is 2.36 bits per heavy atom. The minimum absolute atomic E-state index is 0.398. The molecule has 0 unspecified atom stereocenters. The van der Waals surface area contributed by atoms with Crippen LogP contribution in [0.3, 0.4) is 0 Å². The van der Waals surface area contributed by atoms with Crippen LogP contribution >= 0.6 is 23.2 Å². The maximum atomic E-state index is 8.65. The van der Waals surface area contributed by atoms with Crippen molar-refractivity contribution in [2.75, 3.05) is 5.88 Å². The van der Waals surface area contributed by atoms with Crippen LogP contribution in [0, 0.1) is 11.3 Å². The smallest absolute Gasteiger partial charge is 0.136 e. The van der Waals surface area contributed by atoms with E-state index < -0.39 is 0 Å². The Labute approximate surface area is 92.8 Å². The number of nitrogens with zero attached hydrogens (tertiary/aromatic N) is 2. The Balaban J connectivity index is 2.90. The van der Waals surface area contributed by atoms with Gasteiger partial charge in [-0.15, -0.1) is 11.6 Å². The number of aromatic nitrogens is 1. The van der Waals surface area contributed by atoms with Gasteiger partial charge in [-0.1, -0.05) is 23.8 Å². The van der Waals surface area contributed by atoms with Crippen LogP contribution in [0.5, 0.6) is 0 Å². The van der Waals surface area contributed by atoms with Gasteiger partial charge in [0.25, 0.3) is 0 Å². The molecule has 4 heteroatoms. The van der Waals surface area contributed by atoms with Crippen LogP contribution in [0.25, 0.3) is 6.08 Å². The molecule has 0 radical (unpaired) electrons. The highest BCUT2D eigenvalue weighted by molar-refractivity contribution is 6.30. The van der Waals surface area contributed by atoms with Gasteiger partial charge in [0.2, 0.25) is 0 Å². The number of hydrogen-bond acceptors (Lipinski definition) is 2. The predicted octanol–water partition coefficient (Wildman–Crippen LogP) is 3.25. The molecule has 1 aromatic rings. The number of alkyl halides is 1. The summed E-state index contributed by atoms with van der Waals surface area (Å²) >= 11 is 11.3. The van der Waals surface area contributed by atoms with Crippen molar-refractivity contribution in [3.05, 3.63) is 34.6 Å². The molecule has 14 heavy (non-hydrogen) atoms. The molecule has 0 fully saturated rings. The third-order valence-electron chi connectivity index (χ3n) is 1.57. The molecule has 0 saturated heterocycles. The molecule has 0 aromatic carbocycles. The first-order valence-electron chi connectivity index (χ1n) is 4.06. The third-order valence-corrected chi connectivity index (χ3v) is 2.10. The zero-order valence-corrected chi connectivity index (χ0v) is 8.89. The predicted molar refractivity (Wildman–Crippen MR) is 58.3 cm³/mol. The average molecular weight is 227 g/mol. The lowest BCUT2D eigenvalue weighted by Crippen LogP contribution is -1.84. The zero-order chi connectivity index (χ0) is 10.4. The van der Waals surface area contributed by atoms with Gasteiger partial charge in [0.1, 0.15) is 11.2 Å². The summed E-state index contributed by atoms with van der Waals surface area (Å²) in [7, 11) is 0. The monoisotopic (exact) mass is 226 g/mol. The lowest BCUT2D eigenvalue weighted by atomic mass is 10.2. The summed E-state index contributed by atoms with van der Waals surface area (Å²) in [6, 6.07) is 3.70. The zero-order valence-electron chi connectivity index (χ0n) is 7.37. The van der Waals surface area contributed by atoms with Crippen LogP contribution in [0.15, 0.2) is 18.3 Å². The minimum Gasteiger partial charge on any atom is -0.243 e. The van der Waals surface area contributed by atoms with E-state index in [4.69, 9.17) is 28.5 Å². The highest BCUT2D eigenvalue weighted by atomic mass is 35.5. The van der Waals surface area contributed by atoms with Crippen molar-refractivity contribution in [2.45, 2.75) is 6.42 Å². The molecule has 0 aliphatic heterocycles. The second kappa shape index (κ2) is 5.64. The molecule has 0 spiro atoms. The normalized spacial score (nSPS) is 10.4. The summed E-state index contributed by atoms with van der Waals surface area (Å²) in [6.07, 6.45) is 5.94. The lowest BCUT2D eigenvalue weighted by molar-refractivity contribution is 1.24. The van der Waals surface area contributed by atoms with E-state index in [9.17, 15) is 0 Å². The minimum atomic E-state index is 0.398. The Morgan fingerprint density at radius 1 is 1.57 bits per heavy atom. The van der Waals surface area contributed by atoms with Crippen LogP contribution in [0.1, 0.15) is 17.5 Å². The molecule has 0 aliphatic carbocycles. The van der Waals surface area contributed by atoms with Crippen molar-refractivity contribution in [2.24, 2.45) is 0 Å². The highest BCUT2D eigenvalue weighted by Crippen LogP contribution is 2.15. The van der Waals surface area contributed by atoms with Crippen LogP contribution in [0.4, 0.5) is 0 Å². The van der Waals surface area contributed by atoms with Crippen LogP contribution in [-0.4, -0.2) is 10.9 Å². The highest BCUT2D eigenvalue weighted by Gasteiger charge is 1.99. The number of halogens is 2. The van der Waals surface area contributed by atoms with Crippen molar-refractivity contribution in [1.29, 1.82) is 5.26 Å². The van der Waals surface area contributed by atoms with E-state index in [1.807, 2.05) is 18.2 Å². The topological polar surface area (TPSA) is 36.7 Å². The van der Waals surface area contributed by atoms with Crippen LogP contribution in [0.2, 0.25) is 5.15 Å². The quantitative estimate of drug-likeness (QED) is 0.587. The van der Waals surface area contributed by atoms with E-state index >= 15 is 0 Å². The summed E-state index contributed by atoms with van der Waals surface area (Å²) in [5, 5.41) is 9.04. The van der Waals surface area contributed by atoms with Crippen molar-refractivity contribution in [3.63, 3.8) is 0 Å². The summed E-state index contributed by atoms with van der Waals surface area (Å²) in [5.74, 6) is 0.569. The fraction of sp³-hybridized carbons (Fsp3) is 0.200. The molecule has 2 nitrogen and oxygen atoms in total. The van der Waals surface area contributed by atoms with Crippen molar-refractivity contribution in [3.8, 4) is 6.07 Å². The van der Waals surface area contributed by atoms with Gasteiger partial charge in [-0.25, -0.2) is 4.98 Å². The summed E-state index contributed by atoms with van der Waals surface area (Å²) in [4.78, 5) is 3.89. The van der Waals surface area contributed by atoms with Gasteiger partial charge in [-0.05, 0) is 12.5 Å². The SMILES string of the molecule is N#Cc1cnc(Cl)c(C=CCCCl)c1. The first-order valence-corrected chi connectivity index (χ1v) is 4.97. The van der Waals surface area contributed by atoms with Crippen molar-refractivity contribution >= 4 is 29.3 Å². The molecule has 72 valence electrons. The standard InChI is InChI=1S/C10H8Cl2N2/c11-4-2-1-3-9-5-8(6-13)7-14-10(9)12/h1,3,5,7H,2,4H2. The molecule has 0 bridgehead atoms. The summed E-state index contributed by atoms with van der Waals surface area (Å²) < 4.78 is 0. The molecule has 1 heterocycles. The molecule has 0 atom stereocenters. The van der Waals surface area contributed by atoms with Gasteiger partial charge < -0.3 is 0 Å². The van der Waals surface area contributed by atoms with Crippen molar-refractivity contribution < 1.29 is 0 Å². The second-order valence-corrected chi connectivity index (χ2v) is 3.33. The molecule has 0 amide bonds. The summed E-state index contributed by atoms with van der Waals surface area (Å²) in [6.45, 7) is 0. The average Bonchev–Trinajstić information content (AvgIpc) is 2.21. The number of nitriles is 1. The molecule has 1 aromatic heterocycles. The third kappa shape index (κ3) is 3.02. The Kier molecular flexibility index (Phi) is 4.45. The summed E-state index contributed by atoms with van der Waals surface area (Å²) in [5.41, 5.74) is 1.25. The number of rotatable bonds is 3. The lowest BCUT2D eigenvalue weighted by Gasteiger charge is -1.96. The number of pyridine rings is 1. The first kappa shape index (κ1) is 11.0. The maximum absolute atomic E-state index is 8.65. The Hall–Kier alpha value is -1.04. The fourth-order valence-electron chi connectivity index (χ4n) is 0.916. The number of hydrogen-bond donors (Lipinski definition) is 0. The largest absolute Gasteiger partial charge is 0.243 e. The molecule has 0 N–H and O–H groups in total. The molecule has 1 rings (SSSR count). The van der Waals surface area contributed by atoms with E-state index in [1.54, 1.807) is 6.07 Å². The second-order valence-electron chi connectivity index (χ2n) is 2.60. The van der Waals surface area contributed by atoms with E-state index in [1.165, 1.54) is 6.20 Å². The Morgan fingerprint density at radius 3 is 3.00 bits per heavy atom. The van der Waals surface area contributed by atoms with E-state index in [0.29, 0.717) is 16.6 Å². The van der Waals surface area contributed by atoms with Crippen molar-refractivity contribution in [1.82, 2.24) is 4.98 Å². The molecular weight excluding hydrogens is 219 g/mol.